The van der Waals surface area contributed by atoms with Crippen LogP contribution in [0.15, 0.2) is 48.9 Å². The van der Waals surface area contributed by atoms with Gasteiger partial charge in [-0.15, -0.1) is 5.10 Å². The monoisotopic (exact) mass is 405 g/mol. The van der Waals surface area contributed by atoms with Gasteiger partial charge in [-0.3, -0.25) is 0 Å². The largest absolute Gasteiger partial charge is 0.494 e. The molecule has 3 aromatic heterocycles. The first kappa shape index (κ1) is 18.4. The van der Waals surface area contributed by atoms with Crippen molar-refractivity contribution in [3.63, 3.8) is 0 Å². The summed E-state index contributed by atoms with van der Waals surface area (Å²) in [4.78, 5) is 11.2. The number of pyridine rings is 1. The molecule has 4 aromatic rings. The van der Waals surface area contributed by atoms with Crippen molar-refractivity contribution >= 4 is 23.1 Å². The Kier molecular flexibility index (Phi) is 4.72. The van der Waals surface area contributed by atoms with Crippen molar-refractivity contribution in [2.75, 3.05) is 43.6 Å². The maximum atomic E-state index is 5.59. The van der Waals surface area contributed by atoms with Crippen LogP contribution in [0.2, 0.25) is 0 Å². The van der Waals surface area contributed by atoms with E-state index in [-0.39, 0.29) is 0 Å². The average Bonchev–Trinajstić information content (AvgIpc) is 3.39. The number of ether oxygens (including phenoxy) is 2. The van der Waals surface area contributed by atoms with E-state index in [0.29, 0.717) is 5.95 Å². The lowest BCUT2D eigenvalue weighted by Gasteiger charge is -2.28. The fraction of sp³-hybridized carbons (Fsp3) is 0.286. The smallest absolute Gasteiger partial charge is 0.247 e. The van der Waals surface area contributed by atoms with E-state index in [4.69, 9.17) is 9.47 Å². The van der Waals surface area contributed by atoms with E-state index in [0.717, 1.165) is 60.6 Å². The van der Waals surface area contributed by atoms with Gasteiger partial charge in [-0.05, 0) is 31.2 Å². The van der Waals surface area contributed by atoms with Crippen LogP contribution in [-0.4, -0.2) is 57.6 Å². The van der Waals surface area contributed by atoms with E-state index in [9.17, 15) is 0 Å². The molecule has 0 spiro atoms. The first-order chi connectivity index (χ1) is 14.7. The second-order valence-corrected chi connectivity index (χ2v) is 7.12. The van der Waals surface area contributed by atoms with Gasteiger partial charge in [0.15, 0.2) is 5.65 Å². The third-order valence-corrected chi connectivity index (χ3v) is 5.10. The van der Waals surface area contributed by atoms with E-state index in [1.54, 1.807) is 13.4 Å². The van der Waals surface area contributed by atoms with Crippen molar-refractivity contribution in [3.05, 3.63) is 54.6 Å². The van der Waals surface area contributed by atoms with Crippen LogP contribution in [0.3, 0.4) is 0 Å². The maximum Gasteiger partial charge on any atom is 0.247 e. The molecule has 1 N–H and O–H groups in total. The molecular weight excluding hydrogens is 382 g/mol. The van der Waals surface area contributed by atoms with E-state index < -0.39 is 0 Å². The fourth-order valence-electron chi connectivity index (χ4n) is 3.63. The first-order valence-corrected chi connectivity index (χ1v) is 9.86. The third kappa shape index (κ3) is 3.43. The Morgan fingerprint density at radius 2 is 2.00 bits per heavy atom. The van der Waals surface area contributed by atoms with Crippen LogP contribution in [0.4, 0.5) is 17.5 Å². The molecule has 0 aliphatic carbocycles. The number of hydrogen-bond donors (Lipinski definition) is 1. The van der Waals surface area contributed by atoms with E-state index in [1.807, 2.05) is 52.5 Å². The number of hydrogen-bond acceptors (Lipinski definition) is 7. The highest BCUT2D eigenvalue weighted by atomic mass is 16.5. The molecule has 154 valence electrons. The predicted molar refractivity (Wildman–Crippen MR) is 114 cm³/mol. The van der Waals surface area contributed by atoms with E-state index >= 15 is 0 Å². The Balaban J connectivity index is 1.44. The molecule has 9 nitrogen and oxygen atoms in total. The number of nitrogens with zero attached hydrogens (tertiary/aromatic N) is 6. The predicted octanol–water partition coefficient (Wildman–Crippen LogP) is 2.81. The van der Waals surface area contributed by atoms with Gasteiger partial charge in [-0.2, -0.15) is 9.50 Å². The lowest BCUT2D eigenvalue weighted by molar-refractivity contribution is 0.122. The van der Waals surface area contributed by atoms with Crippen molar-refractivity contribution in [2.24, 2.45) is 0 Å². The topological polar surface area (TPSA) is 81.7 Å². The average molecular weight is 405 g/mol. The molecule has 1 aliphatic heterocycles. The minimum Gasteiger partial charge on any atom is -0.494 e. The van der Waals surface area contributed by atoms with Crippen LogP contribution >= 0.6 is 0 Å². The summed E-state index contributed by atoms with van der Waals surface area (Å²) in [6.45, 7) is 5.08. The Labute approximate surface area is 173 Å². The highest BCUT2D eigenvalue weighted by Crippen LogP contribution is 2.28. The highest BCUT2D eigenvalue weighted by molar-refractivity contribution is 5.63. The van der Waals surface area contributed by atoms with Crippen LogP contribution in [0.1, 0.15) is 5.69 Å². The molecule has 0 saturated carbocycles. The van der Waals surface area contributed by atoms with Gasteiger partial charge >= 0.3 is 0 Å². The molecule has 30 heavy (non-hydrogen) atoms. The van der Waals surface area contributed by atoms with Gasteiger partial charge in [-0.1, -0.05) is 6.07 Å². The Morgan fingerprint density at radius 3 is 2.77 bits per heavy atom. The normalized spacial score (nSPS) is 14.3. The number of aromatic nitrogens is 5. The van der Waals surface area contributed by atoms with Crippen LogP contribution in [-0.2, 0) is 4.74 Å². The number of methoxy groups -OCH3 is 1. The Bertz CT molecular complexity index is 1180. The van der Waals surface area contributed by atoms with Gasteiger partial charge in [0.2, 0.25) is 5.95 Å². The van der Waals surface area contributed by atoms with Crippen molar-refractivity contribution in [1.82, 2.24) is 24.1 Å². The summed E-state index contributed by atoms with van der Waals surface area (Å²) in [5.41, 5.74) is 3.50. The molecule has 1 aromatic carbocycles. The summed E-state index contributed by atoms with van der Waals surface area (Å²) in [6.07, 6.45) is 3.74. The molecule has 1 aliphatic rings. The number of nitrogens with one attached hydrogen (secondary N) is 1. The summed E-state index contributed by atoms with van der Waals surface area (Å²) in [5, 5.41) is 7.97. The minimum atomic E-state index is 0.531. The Morgan fingerprint density at radius 1 is 1.13 bits per heavy atom. The Hall–Kier alpha value is -3.59. The van der Waals surface area contributed by atoms with Gasteiger partial charge < -0.3 is 24.3 Å². The zero-order valence-electron chi connectivity index (χ0n) is 16.9. The van der Waals surface area contributed by atoms with Crippen molar-refractivity contribution < 1.29 is 9.47 Å². The molecule has 0 unspecified atom stereocenters. The van der Waals surface area contributed by atoms with Crippen molar-refractivity contribution in [2.45, 2.75) is 6.92 Å². The molecule has 9 heteroatoms. The zero-order chi connectivity index (χ0) is 20.5. The molecule has 1 saturated heterocycles. The van der Waals surface area contributed by atoms with Gasteiger partial charge in [0, 0.05) is 31.0 Å². The van der Waals surface area contributed by atoms with Gasteiger partial charge in [0.05, 0.1) is 38.0 Å². The molecule has 0 amide bonds. The molecule has 0 atom stereocenters. The summed E-state index contributed by atoms with van der Waals surface area (Å²) in [6, 6.07) is 11.9. The van der Waals surface area contributed by atoms with Crippen molar-refractivity contribution in [1.29, 1.82) is 0 Å². The maximum absolute atomic E-state index is 5.59. The van der Waals surface area contributed by atoms with Crippen molar-refractivity contribution in [3.8, 4) is 11.4 Å². The summed E-state index contributed by atoms with van der Waals surface area (Å²) < 4.78 is 14.9. The quantitative estimate of drug-likeness (QED) is 0.547. The van der Waals surface area contributed by atoms with E-state index in [2.05, 4.69) is 31.3 Å². The second-order valence-electron chi connectivity index (χ2n) is 7.12. The number of benzene rings is 1. The summed E-state index contributed by atoms with van der Waals surface area (Å²) >= 11 is 0. The number of anilines is 3. The molecule has 0 radical (unpaired) electrons. The lowest BCUT2D eigenvalue weighted by atomic mass is 10.2. The molecule has 1 fully saturated rings. The first-order valence-electron chi connectivity index (χ1n) is 9.86. The molecule has 5 rings (SSSR count). The second kappa shape index (κ2) is 7.68. The summed E-state index contributed by atoms with van der Waals surface area (Å²) in [5.74, 6) is 2.28. The van der Waals surface area contributed by atoms with Gasteiger partial charge in [-0.25, -0.2) is 4.98 Å². The fourth-order valence-corrected chi connectivity index (χ4v) is 3.63. The summed E-state index contributed by atoms with van der Waals surface area (Å²) in [7, 11) is 1.66. The van der Waals surface area contributed by atoms with Gasteiger partial charge in [0.25, 0.3) is 0 Å². The molecule has 0 bridgehead atoms. The number of fused-ring (bicyclic) bond motifs is 1. The van der Waals surface area contributed by atoms with Crippen LogP contribution in [0, 0.1) is 6.92 Å². The number of aryl methyl sites for hydroxylation is 1. The minimum absolute atomic E-state index is 0.531. The molecule has 4 heterocycles. The lowest BCUT2D eigenvalue weighted by Crippen LogP contribution is -2.37. The van der Waals surface area contributed by atoms with Crippen LogP contribution in [0.5, 0.6) is 5.75 Å². The number of imidazole rings is 1. The van der Waals surface area contributed by atoms with Crippen LogP contribution in [0.25, 0.3) is 11.3 Å². The van der Waals surface area contributed by atoms with E-state index in [1.165, 1.54) is 0 Å². The van der Waals surface area contributed by atoms with Gasteiger partial charge in [0.1, 0.15) is 11.6 Å². The molecular formula is C21H23N7O2. The highest BCUT2D eigenvalue weighted by Gasteiger charge is 2.16. The number of morpholine rings is 1. The SMILES string of the molecule is COc1cc(Nc2nc3cccc(N4CCOCC4)n3n2)ccc1-n1cnc(C)c1. The standard InChI is InChI=1S/C21H23N7O2/c1-15-13-27(14-22-15)17-7-6-16(12-18(17)29-2)23-21-24-19-4-3-5-20(28(19)25-21)26-8-10-30-11-9-26/h3-7,12-14H,8-11H2,1-2H3,(H,23,25). The third-order valence-electron chi connectivity index (χ3n) is 5.10. The van der Waals surface area contributed by atoms with Crippen LogP contribution < -0.4 is 15.0 Å². The zero-order valence-corrected chi connectivity index (χ0v) is 16.9. The number of rotatable bonds is 5.